The van der Waals surface area contributed by atoms with Crippen LogP contribution in [0.25, 0.3) is 11.8 Å². The van der Waals surface area contributed by atoms with Crippen molar-refractivity contribution < 1.29 is 14.6 Å². The minimum absolute atomic E-state index is 0.0560. The first-order valence-corrected chi connectivity index (χ1v) is 12.5. The number of benzene rings is 3. The largest absolute Gasteiger partial charge is 0.504 e. The number of nitrogens with zero attached hydrogens (tertiary/aromatic N) is 2. The number of hydrogen-bond acceptors (Lipinski definition) is 6. The van der Waals surface area contributed by atoms with Crippen molar-refractivity contribution in [1.82, 2.24) is 4.57 Å². The van der Waals surface area contributed by atoms with Crippen LogP contribution < -0.4 is 24.4 Å². The molecule has 180 valence electrons. The van der Waals surface area contributed by atoms with Crippen molar-refractivity contribution in [3.05, 3.63) is 114 Å². The van der Waals surface area contributed by atoms with Gasteiger partial charge in [0.25, 0.3) is 5.56 Å². The van der Waals surface area contributed by atoms with E-state index in [1.807, 2.05) is 41.0 Å². The lowest BCUT2D eigenvalue weighted by atomic mass is 9.83. The van der Waals surface area contributed by atoms with E-state index in [2.05, 4.69) is 18.2 Å². The third-order valence-electron chi connectivity index (χ3n) is 6.78. The van der Waals surface area contributed by atoms with Gasteiger partial charge in [-0.1, -0.05) is 53.8 Å². The molecule has 1 aliphatic heterocycles. The molecule has 0 saturated carbocycles. The third-order valence-corrected chi connectivity index (χ3v) is 7.77. The second-order valence-electron chi connectivity index (χ2n) is 8.82. The number of ether oxygens (including phenoxy) is 2. The van der Waals surface area contributed by atoms with Gasteiger partial charge < -0.3 is 14.6 Å². The van der Waals surface area contributed by atoms with Gasteiger partial charge in [0.1, 0.15) is 5.75 Å². The zero-order valence-electron chi connectivity index (χ0n) is 19.9. The third kappa shape index (κ3) is 3.63. The Morgan fingerprint density at radius 1 is 1.03 bits per heavy atom. The first-order chi connectivity index (χ1) is 17.6. The molecule has 0 unspecified atom stereocenters. The maximum atomic E-state index is 13.8. The lowest BCUT2D eigenvalue weighted by molar-refractivity contribution is 0.373. The summed E-state index contributed by atoms with van der Waals surface area (Å²) in [5.41, 5.74) is 6.18. The van der Waals surface area contributed by atoms with Crippen LogP contribution in [0, 0.1) is 0 Å². The Labute approximate surface area is 211 Å². The number of allylic oxidation sites excluding steroid dienone is 1. The van der Waals surface area contributed by atoms with Crippen LogP contribution in [-0.4, -0.2) is 23.9 Å². The number of aromatic hydroxyl groups is 1. The number of phenols is 1. The SMILES string of the molecule is COc1cccc([C@H]2C3=C(N=c4sc(=Cc5ccc(O)c(OC)c5)c(=O)n42)c2ccccc2CC3)c1. The molecule has 1 aliphatic carbocycles. The molecule has 1 atom stereocenters. The van der Waals surface area contributed by atoms with Crippen LogP contribution in [0.1, 0.15) is 34.7 Å². The van der Waals surface area contributed by atoms with E-state index >= 15 is 0 Å². The Kier molecular flexibility index (Phi) is 5.49. The smallest absolute Gasteiger partial charge is 0.271 e. The lowest BCUT2D eigenvalue weighted by Crippen LogP contribution is -2.38. The molecule has 6 nitrogen and oxygen atoms in total. The summed E-state index contributed by atoms with van der Waals surface area (Å²) < 4.78 is 13.1. The topological polar surface area (TPSA) is 73.1 Å². The van der Waals surface area contributed by atoms with Gasteiger partial charge in [0.05, 0.1) is 30.5 Å². The highest BCUT2D eigenvalue weighted by molar-refractivity contribution is 7.07. The molecule has 2 aliphatic rings. The molecule has 6 rings (SSSR count). The number of aromatic nitrogens is 1. The number of phenolic OH excluding ortho intramolecular Hbond substituents is 1. The molecule has 0 bridgehead atoms. The van der Waals surface area contributed by atoms with E-state index in [1.165, 1.54) is 24.0 Å². The van der Waals surface area contributed by atoms with Gasteiger partial charge in [-0.3, -0.25) is 9.36 Å². The van der Waals surface area contributed by atoms with Crippen molar-refractivity contribution in [1.29, 1.82) is 0 Å². The highest BCUT2D eigenvalue weighted by Gasteiger charge is 2.32. The molecular formula is C29H24N2O4S. The summed E-state index contributed by atoms with van der Waals surface area (Å²) in [5.74, 6) is 1.17. The van der Waals surface area contributed by atoms with E-state index < -0.39 is 0 Å². The normalized spacial score (nSPS) is 16.6. The molecule has 1 aromatic heterocycles. The molecule has 0 amide bonds. The number of hydrogen-bond donors (Lipinski definition) is 1. The number of methoxy groups -OCH3 is 2. The Morgan fingerprint density at radius 3 is 2.72 bits per heavy atom. The predicted octanol–water partition coefficient (Wildman–Crippen LogP) is 4.04. The predicted molar refractivity (Wildman–Crippen MR) is 140 cm³/mol. The van der Waals surface area contributed by atoms with Crippen LogP contribution in [0.5, 0.6) is 17.2 Å². The van der Waals surface area contributed by atoms with Gasteiger partial charge in [0.15, 0.2) is 16.3 Å². The fourth-order valence-corrected chi connectivity index (χ4v) is 6.07. The summed E-state index contributed by atoms with van der Waals surface area (Å²) in [6.45, 7) is 0. The second-order valence-corrected chi connectivity index (χ2v) is 9.83. The fraction of sp³-hybridized carbons (Fsp3) is 0.172. The molecule has 3 aromatic carbocycles. The summed E-state index contributed by atoms with van der Waals surface area (Å²) in [6.07, 6.45) is 3.56. The minimum atomic E-state index is -0.267. The average Bonchev–Trinajstić information content (AvgIpc) is 3.22. The maximum Gasteiger partial charge on any atom is 0.271 e. The summed E-state index contributed by atoms with van der Waals surface area (Å²) in [5, 5.41) is 9.96. The van der Waals surface area contributed by atoms with E-state index in [4.69, 9.17) is 14.5 Å². The zero-order valence-corrected chi connectivity index (χ0v) is 20.7. The van der Waals surface area contributed by atoms with Crippen molar-refractivity contribution in [2.24, 2.45) is 4.99 Å². The summed E-state index contributed by atoms with van der Waals surface area (Å²) in [6, 6.07) is 21.1. The van der Waals surface area contributed by atoms with Crippen molar-refractivity contribution in [2.45, 2.75) is 18.9 Å². The van der Waals surface area contributed by atoms with Crippen LogP contribution in [0.2, 0.25) is 0 Å². The van der Waals surface area contributed by atoms with Gasteiger partial charge in [-0.25, -0.2) is 4.99 Å². The zero-order chi connectivity index (χ0) is 24.8. The number of thiazole rings is 1. The number of rotatable bonds is 4. The molecular weight excluding hydrogens is 472 g/mol. The van der Waals surface area contributed by atoms with Crippen LogP contribution in [0.15, 0.2) is 82.1 Å². The van der Waals surface area contributed by atoms with Gasteiger partial charge >= 0.3 is 0 Å². The fourth-order valence-electron chi connectivity index (χ4n) is 5.07. The Bertz CT molecular complexity index is 1710. The first-order valence-electron chi connectivity index (χ1n) is 11.7. The lowest BCUT2D eigenvalue weighted by Gasteiger charge is -2.31. The van der Waals surface area contributed by atoms with Crippen LogP contribution >= 0.6 is 11.3 Å². The molecule has 36 heavy (non-hydrogen) atoms. The van der Waals surface area contributed by atoms with E-state index in [-0.39, 0.29) is 17.4 Å². The molecule has 1 N–H and O–H groups in total. The van der Waals surface area contributed by atoms with Gasteiger partial charge in [0.2, 0.25) is 0 Å². The highest BCUT2D eigenvalue weighted by Crippen LogP contribution is 2.41. The van der Waals surface area contributed by atoms with Crippen molar-refractivity contribution in [3.63, 3.8) is 0 Å². The molecule has 0 radical (unpaired) electrons. The minimum Gasteiger partial charge on any atom is -0.504 e. The summed E-state index contributed by atoms with van der Waals surface area (Å²) in [7, 11) is 3.15. The first kappa shape index (κ1) is 22.4. The number of fused-ring (bicyclic) bond motifs is 3. The summed E-state index contributed by atoms with van der Waals surface area (Å²) >= 11 is 1.37. The summed E-state index contributed by atoms with van der Waals surface area (Å²) in [4.78, 5) is 19.6. The quantitative estimate of drug-likeness (QED) is 0.463. The van der Waals surface area contributed by atoms with Crippen molar-refractivity contribution in [2.75, 3.05) is 14.2 Å². The van der Waals surface area contributed by atoms with Gasteiger partial charge in [-0.05, 0) is 65.4 Å². The molecule has 0 saturated heterocycles. The Balaban J connectivity index is 1.61. The van der Waals surface area contributed by atoms with Gasteiger partial charge in [-0.2, -0.15) is 0 Å². The molecule has 0 spiro atoms. The average molecular weight is 497 g/mol. The van der Waals surface area contributed by atoms with Gasteiger partial charge in [0, 0.05) is 5.56 Å². The standard InChI is InChI=1S/C29H24N2O4S/c1-34-20-8-5-7-19(16-20)27-22-12-11-18-6-3-4-9-21(18)26(22)30-29-31(27)28(33)25(36-29)15-17-10-13-23(32)24(14-17)35-2/h3-10,13-16,27,32H,11-12H2,1-2H3/t27-/m0/s1. The van der Waals surface area contributed by atoms with E-state index in [1.54, 1.807) is 25.3 Å². The van der Waals surface area contributed by atoms with E-state index in [9.17, 15) is 9.90 Å². The monoisotopic (exact) mass is 496 g/mol. The maximum absolute atomic E-state index is 13.8. The number of aryl methyl sites for hydroxylation is 1. The van der Waals surface area contributed by atoms with Crippen LogP contribution in [0.3, 0.4) is 0 Å². The van der Waals surface area contributed by atoms with Crippen molar-refractivity contribution >= 4 is 23.1 Å². The van der Waals surface area contributed by atoms with Crippen LogP contribution in [-0.2, 0) is 6.42 Å². The van der Waals surface area contributed by atoms with E-state index in [0.29, 0.717) is 15.1 Å². The Hall–Kier alpha value is -4.10. The van der Waals surface area contributed by atoms with Crippen LogP contribution in [0.4, 0.5) is 0 Å². The molecule has 7 heteroatoms. The Morgan fingerprint density at radius 2 is 1.89 bits per heavy atom. The van der Waals surface area contributed by atoms with Gasteiger partial charge in [-0.15, -0.1) is 0 Å². The molecule has 2 heterocycles. The molecule has 0 fully saturated rings. The second kappa shape index (κ2) is 8.84. The van der Waals surface area contributed by atoms with E-state index in [0.717, 1.165) is 46.6 Å². The highest BCUT2D eigenvalue weighted by atomic mass is 32.1. The molecule has 4 aromatic rings. The van der Waals surface area contributed by atoms with Crippen molar-refractivity contribution in [3.8, 4) is 17.2 Å².